The molecule has 7 nitrogen and oxygen atoms in total. The monoisotopic (exact) mass is 1240 g/mol. The molecule has 2 N–H and O–H groups in total. The molecule has 0 unspecified atom stereocenters. The summed E-state index contributed by atoms with van der Waals surface area (Å²) in [6, 6.07) is 105. The van der Waals surface area contributed by atoms with E-state index in [4.69, 9.17) is 9.72 Å². The lowest BCUT2D eigenvalue weighted by Gasteiger charge is -2.20. The maximum Gasteiger partial charge on any atom is 0.153 e. The van der Waals surface area contributed by atoms with Gasteiger partial charge in [0.25, 0.3) is 0 Å². The number of hydrogen-bond donors (Lipinski definition) is 2. The molecule has 0 aliphatic carbocycles. The van der Waals surface area contributed by atoms with Crippen LogP contribution >= 0.6 is 0 Å². The molecule has 96 heavy (non-hydrogen) atoms. The van der Waals surface area contributed by atoms with Gasteiger partial charge in [-0.15, -0.1) is 0 Å². The highest BCUT2D eigenvalue weighted by molar-refractivity contribution is 6.22. The first kappa shape index (κ1) is 56.5. The molecule has 458 valence electrons. The zero-order chi connectivity index (χ0) is 64.2. The van der Waals surface area contributed by atoms with Crippen LogP contribution in [0.25, 0.3) is 143 Å². The standard InChI is InChI=1S/C88H63FN6O/c1-88(2,3)58-46-47-90-84(50-58)94-79-42-15-13-34-70(79)75-52-82(95-80-43-16-12-32-68(80)73-39-20-36-63(87(73)95)57-44-45-78-74(49-57)69-33-11-14-41-77(69)93(78)54-55-22-5-4-6-23-55)83(53-81(75)94)96-61-27-18-26-60(51-61)91-76-40-21-38-72-67-31-10-8-29-65(67)64-28-7-9-30-66(64)71-37-19-35-62(85(71)92-86(72)76)56-24-17-25-59(89)48-56/h4-53,91-92H,54H2,1-3H3. The summed E-state index contributed by atoms with van der Waals surface area (Å²) in [6.07, 6.45) is 1.93. The third kappa shape index (κ3) is 9.43. The summed E-state index contributed by atoms with van der Waals surface area (Å²) in [5.74, 6) is 1.83. The van der Waals surface area contributed by atoms with Gasteiger partial charge in [0.2, 0.25) is 0 Å². The number of ether oxygens (including phenoxy) is 1. The summed E-state index contributed by atoms with van der Waals surface area (Å²) >= 11 is 0. The molecular weight excluding hydrogens is 1180 g/mol. The molecule has 5 aromatic heterocycles. The van der Waals surface area contributed by atoms with Crippen molar-refractivity contribution in [1.82, 2.24) is 23.7 Å². The normalized spacial score (nSPS) is 12.0. The molecule has 0 saturated carbocycles. The topological polar surface area (TPSA) is 64.7 Å². The SMILES string of the molecule is CC(C)(C)c1ccnc(-n2c3ccccc3c3cc(-n4c5ccccc5c5cccc(-c6ccc7c(c6)c6ccccc6n7Cc6ccccc6)c54)c(Oc4cccc(Nc5cccc6c5[nH]c5c(-c7cccc(F)c7)cccc5c5ccccc5c5ccccc65)c4)cc32)c1. The molecule has 8 heteroatoms. The number of halogens is 1. The Balaban J connectivity index is 0.852. The third-order valence-corrected chi connectivity index (χ3v) is 19.4. The van der Waals surface area contributed by atoms with Crippen molar-refractivity contribution in [2.45, 2.75) is 32.7 Å². The van der Waals surface area contributed by atoms with Crippen LogP contribution in [0.2, 0.25) is 0 Å². The van der Waals surface area contributed by atoms with Crippen molar-refractivity contribution < 1.29 is 9.13 Å². The Morgan fingerprint density at radius 3 is 1.71 bits per heavy atom. The van der Waals surface area contributed by atoms with Crippen LogP contribution in [-0.2, 0) is 12.0 Å². The first-order chi connectivity index (χ1) is 47.1. The first-order valence-electron chi connectivity index (χ1n) is 32.8. The second-order valence-electron chi connectivity index (χ2n) is 26.2. The van der Waals surface area contributed by atoms with Crippen molar-refractivity contribution in [2.24, 2.45) is 0 Å². The van der Waals surface area contributed by atoms with E-state index in [1.54, 1.807) is 12.1 Å². The molecule has 0 saturated heterocycles. The summed E-state index contributed by atoms with van der Waals surface area (Å²) in [5, 5.41) is 17.1. The molecule has 0 aliphatic rings. The van der Waals surface area contributed by atoms with Gasteiger partial charge in [-0.2, -0.15) is 0 Å². The van der Waals surface area contributed by atoms with Gasteiger partial charge in [-0.3, -0.25) is 4.57 Å². The maximum absolute atomic E-state index is 15.3. The second-order valence-corrected chi connectivity index (χ2v) is 26.2. The molecule has 0 spiro atoms. The van der Waals surface area contributed by atoms with Crippen LogP contribution in [-0.4, -0.2) is 23.7 Å². The van der Waals surface area contributed by atoms with Gasteiger partial charge in [0, 0.05) is 95.8 Å². The summed E-state index contributed by atoms with van der Waals surface area (Å²) in [7, 11) is 0. The largest absolute Gasteiger partial charge is 0.455 e. The lowest BCUT2D eigenvalue weighted by atomic mass is 9.88. The van der Waals surface area contributed by atoms with Crippen molar-refractivity contribution in [3.05, 3.63) is 320 Å². The molecular formula is C88H63FN6O. The van der Waals surface area contributed by atoms with Crippen LogP contribution in [0, 0.1) is 5.82 Å². The first-order valence-corrected chi connectivity index (χ1v) is 32.8. The molecule has 0 atom stereocenters. The zero-order valence-corrected chi connectivity index (χ0v) is 53.1. The molecule has 18 aromatic rings. The van der Waals surface area contributed by atoms with Crippen molar-refractivity contribution in [3.63, 3.8) is 0 Å². The van der Waals surface area contributed by atoms with Crippen LogP contribution in [0.15, 0.2) is 303 Å². The highest BCUT2D eigenvalue weighted by Gasteiger charge is 2.25. The summed E-state index contributed by atoms with van der Waals surface area (Å²) < 4.78 is 30.1. The van der Waals surface area contributed by atoms with Gasteiger partial charge in [-0.05, 0) is 128 Å². The van der Waals surface area contributed by atoms with Crippen LogP contribution in [0.4, 0.5) is 15.8 Å². The Hall–Kier alpha value is -12.3. The number of fused-ring (bicyclic) bond motifs is 16. The van der Waals surface area contributed by atoms with Gasteiger partial charge in [0.15, 0.2) is 5.75 Å². The Morgan fingerprint density at radius 2 is 0.979 bits per heavy atom. The number of nitrogens with zero attached hydrogens (tertiary/aromatic N) is 4. The van der Waals surface area contributed by atoms with E-state index in [-0.39, 0.29) is 11.2 Å². The predicted molar refractivity (Wildman–Crippen MR) is 399 cm³/mol. The average molecular weight is 1240 g/mol. The van der Waals surface area contributed by atoms with Gasteiger partial charge < -0.3 is 24.2 Å². The minimum absolute atomic E-state index is 0.117. The van der Waals surface area contributed by atoms with Gasteiger partial charge in [0.05, 0.1) is 44.5 Å². The highest BCUT2D eigenvalue weighted by atomic mass is 19.1. The Bertz CT molecular complexity index is 6260. The van der Waals surface area contributed by atoms with E-state index in [0.717, 1.165) is 139 Å². The number of benzene rings is 13. The number of aromatic nitrogens is 5. The predicted octanol–water partition coefficient (Wildman–Crippen LogP) is 23.8. The van der Waals surface area contributed by atoms with Crippen molar-refractivity contribution in [2.75, 3.05) is 5.32 Å². The fourth-order valence-electron chi connectivity index (χ4n) is 14.9. The molecule has 0 amide bonds. The number of hydrogen-bond acceptors (Lipinski definition) is 3. The van der Waals surface area contributed by atoms with E-state index < -0.39 is 0 Å². The van der Waals surface area contributed by atoms with E-state index in [9.17, 15) is 0 Å². The molecule has 0 radical (unpaired) electrons. The summed E-state index contributed by atoms with van der Waals surface area (Å²) in [4.78, 5) is 9.14. The van der Waals surface area contributed by atoms with E-state index in [1.807, 2.05) is 18.3 Å². The van der Waals surface area contributed by atoms with Crippen molar-refractivity contribution in [1.29, 1.82) is 0 Å². The number of H-pyrrole nitrogens is 1. The minimum atomic E-state index is -0.295. The highest BCUT2D eigenvalue weighted by Crippen LogP contribution is 2.47. The number of anilines is 2. The van der Waals surface area contributed by atoms with Crippen LogP contribution < -0.4 is 10.1 Å². The number of pyridine rings is 1. The minimum Gasteiger partial charge on any atom is -0.455 e. The molecule has 0 aliphatic heterocycles. The molecule has 5 heterocycles. The summed E-state index contributed by atoms with van der Waals surface area (Å²) in [5.41, 5.74) is 17.0. The lowest BCUT2D eigenvalue weighted by Crippen LogP contribution is -2.12. The number of nitrogens with one attached hydrogen (secondary N) is 2. The van der Waals surface area contributed by atoms with Gasteiger partial charge in [0.1, 0.15) is 17.4 Å². The summed E-state index contributed by atoms with van der Waals surface area (Å²) in [6.45, 7) is 7.50. The second kappa shape index (κ2) is 22.5. The van der Waals surface area contributed by atoms with Gasteiger partial charge in [-0.1, -0.05) is 227 Å². The number of aromatic amines is 1. The molecule has 13 aromatic carbocycles. The fourth-order valence-corrected chi connectivity index (χ4v) is 14.9. The average Bonchev–Trinajstić information content (AvgIpc) is 1.53. The lowest BCUT2D eigenvalue weighted by molar-refractivity contribution is 0.481. The van der Waals surface area contributed by atoms with Gasteiger partial charge >= 0.3 is 0 Å². The van der Waals surface area contributed by atoms with E-state index in [1.165, 1.54) is 39.0 Å². The van der Waals surface area contributed by atoms with Crippen LogP contribution in [0.3, 0.4) is 0 Å². The van der Waals surface area contributed by atoms with Crippen molar-refractivity contribution in [3.8, 4) is 45.3 Å². The Kier molecular flexibility index (Phi) is 13.2. The van der Waals surface area contributed by atoms with Crippen LogP contribution in [0.5, 0.6) is 11.5 Å². The maximum atomic E-state index is 15.3. The smallest absolute Gasteiger partial charge is 0.153 e. The fraction of sp³-hybridized carbons (Fsp3) is 0.0568. The third-order valence-electron chi connectivity index (χ3n) is 19.4. The Morgan fingerprint density at radius 1 is 0.417 bits per heavy atom. The van der Waals surface area contributed by atoms with E-state index in [2.05, 4.69) is 312 Å². The van der Waals surface area contributed by atoms with Crippen molar-refractivity contribution >= 4 is 120 Å². The molecule has 0 bridgehead atoms. The Labute approximate surface area is 553 Å². The number of rotatable bonds is 10. The van der Waals surface area contributed by atoms with E-state index in [0.29, 0.717) is 11.5 Å². The van der Waals surface area contributed by atoms with Gasteiger partial charge in [-0.25, -0.2) is 9.37 Å². The number of para-hydroxylation sites is 6. The zero-order valence-electron chi connectivity index (χ0n) is 53.1. The quantitative estimate of drug-likeness (QED) is 0.143. The van der Waals surface area contributed by atoms with E-state index >= 15 is 4.39 Å². The molecule has 18 rings (SSSR count). The molecule has 0 fully saturated rings. The van der Waals surface area contributed by atoms with Crippen LogP contribution in [0.1, 0.15) is 31.9 Å².